The zero-order valence-electron chi connectivity index (χ0n) is 12.3. The minimum absolute atomic E-state index is 0.190. The van der Waals surface area contributed by atoms with E-state index in [1.807, 2.05) is 0 Å². The topological polar surface area (TPSA) is 88.4 Å². The van der Waals surface area contributed by atoms with Crippen LogP contribution in [-0.2, 0) is 0 Å². The number of carbonyl (C=O) groups is 1. The zero-order valence-corrected chi connectivity index (χ0v) is 13.1. The van der Waals surface area contributed by atoms with Gasteiger partial charge in [-0.25, -0.2) is 24.7 Å². The van der Waals surface area contributed by atoms with Crippen LogP contribution in [0.5, 0.6) is 0 Å². The first-order valence-electron chi connectivity index (χ1n) is 6.77. The smallest absolute Gasteiger partial charge is 0.282 e. The van der Waals surface area contributed by atoms with Crippen LogP contribution in [0.3, 0.4) is 0 Å². The summed E-state index contributed by atoms with van der Waals surface area (Å²) in [6, 6.07) is -0.190. The molecule has 0 fully saturated rings. The van der Waals surface area contributed by atoms with E-state index >= 15 is 0 Å². The predicted molar refractivity (Wildman–Crippen MR) is 88.5 cm³/mol. The molecule has 10 heteroatoms. The molecule has 0 spiro atoms. The van der Waals surface area contributed by atoms with Crippen molar-refractivity contribution in [1.82, 2.24) is 38.2 Å². The number of imidazole rings is 4. The Bertz CT molecular complexity index is 730. The van der Waals surface area contributed by atoms with E-state index < -0.39 is 0 Å². The summed E-state index contributed by atoms with van der Waals surface area (Å²) in [4.78, 5) is 26.7. The highest BCUT2D eigenvalue weighted by atomic mass is 32.1. The maximum absolute atomic E-state index is 11.4. The Balaban J connectivity index is 0.000000141. The third kappa shape index (κ3) is 3.50. The van der Waals surface area contributed by atoms with E-state index in [2.05, 4.69) is 19.9 Å². The number of rotatable bonds is 0. The van der Waals surface area contributed by atoms with Crippen molar-refractivity contribution in [2.24, 2.45) is 0 Å². The van der Waals surface area contributed by atoms with E-state index in [1.165, 1.54) is 21.8 Å². The lowest BCUT2D eigenvalue weighted by Gasteiger charge is -2.02. The van der Waals surface area contributed by atoms with E-state index in [0.717, 1.165) is 0 Å². The average Bonchev–Trinajstić information content (AvgIpc) is 3.43. The molecule has 0 aliphatic carbocycles. The molecule has 4 heterocycles. The highest BCUT2D eigenvalue weighted by Crippen LogP contribution is 1.93. The second-order valence-corrected chi connectivity index (χ2v) is 4.81. The molecule has 24 heavy (non-hydrogen) atoms. The molecule has 4 aromatic heterocycles. The third-order valence-electron chi connectivity index (χ3n) is 2.90. The van der Waals surface area contributed by atoms with Crippen LogP contribution in [0, 0.1) is 0 Å². The molecule has 0 saturated carbocycles. The van der Waals surface area contributed by atoms with Crippen LogP contribution >= 0.6 is 12.2 Å². The molecule has 0 atom stereocenters. The van der Waals surface area contributed by atoms with Gasteiger partial charge in [-0.3, -0.25) is 18.3 Å². The maximum atomic E-state index is 11.4. The summed E-state index contributed by atoms with van der Waals surface area (Å²) < 4.78 is 6.25. The van der Waals surface area contributed by atoms with Gasteiger partial charge in [0.2, 0.25) is 0 Å². The summed E-state index contributed by atoms with van der Waals surface area (Å²) in [5.41, 5.74) is 0. The van der Waals surface area contributed by atoms with E-state index in [-0.39, 0.29) is 6.03 Å². The van der Waals surface area contributed by atoms with Crippen molar-refractivity contribution in [3.05, 3.63) is 74.9 Å². The Morgan fingerprint density at radius 2 is 0.958 bits per heavy atom. The molecule has 4 aromatic rings. The fourth-order valence-corrected chi connectivity index (χ4v) is 1.97. The maximum Gasteiger partial charge on any atom is 0.338 e. The molecule has 0 aliphatic rings. The van der Waals surface area contributed by atoms with E-state index in [4.69, 9.17) is 12.2 Å². The van der Waals surface area contributed by atoms with Gasteiger partial charge < -0.3 is 0 Å². The first kappa shape index (κ1) is 15.5. The Kier molecular flexibility index (Phi) is 4.68. The molecule has 0 aromatic carbocycles. The lowest BCUT2D eigenvalue weighted by Crippen LogP contribution is -2.15. The Labute approximate surface area is 141 Å². The van der Waals surface area contributed by atoms with Crippen molar-refractivity contribution in [3.63, 3.8) is 0 Å². The fourth-order valence-electron chi connectivity index (χ4n) is 1.76. The SMILES string of the molecule is O=C(n1ccnc1)n1ccnc1.S=C(n1ccnc1)n1ccnc1. The number of hydrogen-bond donors (Lipinski definition) is 0. The third-order valence-corrected chi connectivity index (χ3v) is 3.32. The first-order valence-corrected chi connectivity index (χ1v) is 7.18. The molecule has 9 nitrogen and oxygen atoms in total. The highest BCUT2D eigenvalue weighted by molar-refractivity contribution is 7.80. The highest BCUT2D eigenvalue weighted by Gasteiger charge is 2.03. The lowest BCUT2D eigenvalue weighted by atomic mass is 10.8. The molecule has 0 amide bonds. The molecule has 120 valence electrons. The lowest BCUT2D eigenvalue weighted by molar-refractivity contribution is 0.244. The summed E-state index contributed by atoms with van der Waals surface area (Å²) in [5, 5.41) is 0.644. The fraction of sp³-hybridized carbons (Fsp3) is 0. The first-order chi connectivity index (χ1) is 11.8. The molecular weight excluding hydrogens is 328 g/mol. The Hall–Kier alpha value is -3.40. The van der Waals surface area contributed by atoms with Crippen LogP contribution in [0.25, 0.3) is 0 Å². The molecule has 0 saturated heterocycles. The van der Waals surface area contributed by atoms with Crippen LogP contribution in [0.2, 0.25) is 0 Å². The summed E-state index contributed by atoms with van der Waals surface area (Å²) in [6.45, 7) is 0. The quantitative estimate of drug-likeness (QED) is 0.449. The van der Waals surface area contributed by atoms with Crippen molar-refractivity contribution < 1.29 is 4.79 Å². The normalized spacial score (nSPS) is 10.0. The van der Waals surface area contributed by atoms with Gasteiger partial charge in [0.25, 0.3) is 0 Å². The van der Waals surface area contributed by atoms with Crippen LogP contribution in [0.1, 0.15) is 0 Å². The molecule has 0 radical (unpaired) electrons. The van der Waals surface area contributed by atoms with Gasteiger partial charge in [-0.2, -0.15) is 0 Å². The van der Waals surface area contributed by atoms with Crippen LogP contribution in [0.15, 0.2) is 74.9 Å². The van der Waals surface area contributed by atoms with Gasteiger partial charge in [0, 0.05) is 49.6 Å². The molecule has 0 bridgehead atoms. The van der Waals surface area contributed by atoms with Gasteiger partial charge in [-0.05, 0) is 12.2 Å². The zero-order chi connectivity index (χ0) is 16.8. The minimum Gasteiger partial charge on any atom is -0.282 e. The van der Waals surface area contributed by atoms with E-state index in [1.54, 1.807) is 71.4 Å². The minimum atomic E-state index is -0.190. The predicted octanol–water partition coefficient (Wildman–Crippen LogP) is 1.36. The second kappa shape index (κ2) is 7.24. The van der Waals surface area contributed by atoms with E-state index in [0.29, 0.717) is 5.11 Å². The van der Waals surface area contributed by atoms with Crippen molar-refractivity contribution in [1.29, 1.82) is 0 Å². The van der Waals surface area contributed by atoms with Gasteiger partial charge >= 0.3 is 6.03 Å². The number of aromatic nitrogens is 8. The summed E-state index contributed by atoms with van der Waals surface area (Å²) in [7, 11) is 0. The second-order valence-electron chi connectivity index (χ2n) is 4.44. The van der Waals surface area contributed by atoms with Gasteiger partial charge in [0.05, 0.1) is 0 Å². The van der Waals surface area contributed by atoms with Crippen LogP contribution in [-0.4, -0.2) is 49.3 Å². The van der Waals surface area contributed by atoms with Crippen LogP contribution < -0.4 is 0 Å². The number of thiocarbonyl (C=S) groups is 1. The van der Waals surface area contributed by atoms with Gasteiger partial charge in [-0.15, -0.1) is 0 Å². The van der Waals surface area contributed by atoms with Crippen molar-refractivity contribution >= 4 is 23.4 Å². The van der Waals surface area contributed by atoms with Crippen molar-refractivity contribution in [2.75, 3.05) is 0 Å². The Morgan fingerprint density at radius 1 is 0.625 bits per heavy atom. The molecule has 0 aliphatic heterocycles. The summed E-state index contributed by atoms with van der Waals surface area (Å²) in [6.07, 6.45) is 19.4. The van der Waals surface area contributed by atoms with Gasteiger partial charge in [0.15, 0.2) is 5.11 Å². The number of hydrogen-bond acceptors (Lipinski definition) is 6. The number of carbonyl (C=O) groups excluding carboxylic acids is 1. The van der Waals surface area contributed by atoms with Crippen molar-refractivity contribution in [2.45, 2.75) is 0 Å². The Morgan fingerprint density at radius 3 is 1.25 bits per heavy atom. The van der Waals surface area contributed by atoms with Crippen LogP contribution in [0.4, 0.5) is 4.79 Å². The van der Waals surface area contributed by atoms with Crippen molar-refractivity contribution in [3.8, 4) is 0 Å². The molecular formula is C14H12N8OS. The van der Waals surface area contributed by atoms with E-state index in [9.17, 15) is 4.79 Å². The number of nitrogens with zero attached hydrogens (tertiary/aromatic N) is 8. The molecule has 0 N–H and O–H groups in total. The monoisotopic (exact) mass is 340 g/mol. The summed E-state index contributed by atoms with van der Waals surface area (Å²) in [5.74, 6) is 0. The van der Waals surface area contributed by atoms with Gasteiger partial charge in [-0.1, -0.05) is 0 Å². The largest absolute Gasteiger partial charge is 0.338 e. The molecule has 4 rings (SSSR count). The standard InChI is InChI=1S/C7H6N4O.C7H6N4S/c2*12-7(10-3-1-8-5-10)11-4-2-9-6-11/h2*1-6H. The average molecular weight is 340 g/mol. The summed E-state index contributed by atoms with van der Waals surface area (Å²) >= 11 is 5.14. The molecule has 0 unspecified atom stereocenters. The van der Waals surface area contributed by atoms with Gasteiger partial charge in [0.1, 0.15) is 25.3 Å².